The molecule has 2 N–H and O–H groups in total. The molecule has 0 aliphatic rings. The Morgan fingerprint density at radius 1 is 1.08 bits per heavy atom. The minimum Gasteiger partial charge on any atom is -0.312 e. The first-order valence-electron chi connectivity index (χ1n) is 4.27. The molecule has 0 fully saturated rings. The molecule has 2 heteroatoms. The molecule has 0 bridgehead atoms. The van der Waals surface area contributed by atoms with Crippen LogP contribution in [0.25, 0.3) is 0 Å². The fourth-order valence-corrected chi connectivity index (χ4v) is 1.21. The van der Waals surface area contributed by atoms with Gasteiger partial charge in [0.2, 0.25) is 0 Å². The molecule has 0 saturated heterocycles. The van der Waals surface area contributed by atoms with E-state index in [4.69, 9.17) is 10.8 Å². The van der Waals surface area contributed by atoms with E-state index in [1.807, 2.05) is 25.1 Å². The van der Waals surface area contributed by atoms with Gasteiger partial charge in [0, 0.05) is 12.4 Å². The van der Waals surface area contributed by atoms with Crippen LogP contribution in [0.1, 0.15) is 22.6 Å². The van der Waals surface area contributed by atoms with E-state index in [-0.39, 0.29) is 5.92 Å². The molecule has 0 saturated carbocycles. The fourth-order valence-electron chi connectivity index (χ4n) is 1.21. The van der Waals surface area contributed by atoms with Gasteiger partial charge in [-0.15, -0.1) is 0 Å². The van der Waals surface area contributed by atoms with Crippen LogP contribution in [0.4, 0.5) is 0 Å². The van der Waals surface area contributed by atoms with Crippen molar-refractivity contribution in [3.63, 3.8) is 0 Å². The van der Waals surface area contributed by atoms with Crippen LogP contribution in [0.3, 0.4) is 0 Å². The minimum absolute atomic E-state index is 0.167. The first-order chi connectivity index (χ1) is 6.19. The molecule has 13 heavy (non-hydrogen) atoms. The quantitative estimate of drug-likeness (QED) is 0.662. The first-order valence-corrected chi connectivity index (χ1v) is 4.27. The lowest BCUT2D eigenvalue weighted by molar-refractivity contribution is 1.19. The maximum Gasteiger partial charge on any atom is 0.0532 e. The number of nitrogens with one attached hydrogen (secondary N) is 2. The summed E-state index contributed by atoms with van der Waals surface area (Å²) >= 11 is 0. The standard InChI is InChI=1S/C11H14N2/c1-8-3-4-10(5-9(8)2)11(6-12)7-13/h3-7,11-13H,1-2H3. The normalized spacial score (nSPS) is 12.2. The van der Waals surface area contributed by atoms with Gasteiger partial charge in [-0.3, -0.25) is 0 Å². The van der Waals surface area contributed by atoms with Gasteiger partial charge in [0.1, 0.15) is 0 Å². The van der Waals surface area contributed by atoms with E-state index in [1.165, 1.54) is 23.6 Å². The van der Waals surface area contributed by atoms with E-state index < -0.39 is 0 Å². The summed E-state index contributed by atoms with van der Waals surface area (Å²) in [6.45, 7) is 4.10. The summed E-state index contributed by atoms with van der Waals surface area (Å²) in [5.74, 6) is -0.167. The third kappa shape index (κ3) is 2.02. The van der Waals surface area contributed by atoms with Crippen molar-refractivity contribution in [1.82, 2.24) is 0 Å². The molecule has 0 aliphatic heterocycles. The predicted molar refractivity (Wildman–Crippen MR) is 56.2 cm³/mol. The van der Waals surface area contributed by atoms with Gasteiger partial charge in [0.25, 0.3) is 0 Å². The van der Waals surface area contributed by atoms with Crippen molar-refractivity contribution in [3.8, 4) is 0 Å². The van der Waals surface area contributed by atoms with Crippen molar-refractivity contribution in [2.45, 2.75) is 19.8 Å². The number of hydrogen-bond acceptors (Lipinski definition) is 2. The van der Waals surface area contributed by atoms with Crippen LogP contribution in [0.5, 0.6) is 0 Å². The average molecular weight is 174 g/mol. The SMILES string of the molecule is Cc1ccc(C(C=N)C=N)cc1C. The van der Waals surface area contributed by atoms with Crippen LogP contribution in [0.15, 0.2) is 18.2 Å². The van der Waals surface area contributed by atoms with E-state index in [0.717, 1.165) is 5.56 Å². The molecule has 68 valence electrons. The van der Waals surface area contributed by atoms with E-state index >= 15 is 0 Å². The zero-order valence-electron chi connectivity index (χ0n) is 7.96. The molecule has 1 aromatic rings. The summed E-state index contributed by atoms with van der Waals surface area (Å²) in [7, 11) is 0. The summed E-state index contributed by atoms with van der Waals surface area (Å²) in [5.41, 5.74) is 3.48. The van der Waals surface area contributed by atoms with E-state index in [0.29, 0.717) is 0 Å². The van der Waals surface area contributed by atoms with Gasteiger partial charge in [-0.25, -0.2) is 0 Å². The van der Waals surface area contributed by atoms with E-state index in [1.54, 1.807) is 0 Å². The first kappa shape index (κ1) is 9.65. The summed E-state index contributed by atoms with van der Waals surface area (Å²) < 4.78 is 0. The molecule has 0 radical (unpaired) electrons. The highest BCUT2D eigenvalue weighted by molar-refractivity contribution is 5.87. The second-order valence-electron chi connectivity index (χ2n) is 3.20. The largest absolute Gasteiger partial charge is 0.312 e. The maximum absolute atomic E-state index is 7.15. The van der Waals surface area contributed by atoms with Crippen LogP contribution >= 0.6 is 0 Å². The van der Waals surface area contributed by atoms with Crippen molar-refractivity contribution in [2.75, 3.05) is 0 Å². The van der Waals surface area contributed by atoms with Gasteiger partial charge < -0.3 is 10.8 Å². The van der Waals surface area contributed by atoms with Gasteiger partial charge in [-0.05, 0) is 30.5 Å². The molecule has 1 rings (SSSR count). The molecule has 0 spiro atoms. The Labute approximate surface area is 78.6 Å². The molecule has 0 aliphatic carbocycles. The molecule has 0 aromatic heterocycles. The fraction of sp³-hybridized carbons (Fsp3) is 0.273. The average Bonchev–Trinajstić information content (AvgIpc) is 2.13. The number of rotatable bonds is 3. The summed E-state index contributed by atoms with van der Waals surface area (Å²) in [6, 6.07) is 6.05. The molecular weight excluding hydrogens is 160 g/mol. The summed E-state index contributed by atoms with van der Waals surface area (Å²) in [6.07, 6.45) is 2.58. The summed E-state index contributed by atoms with van der Waals surface area (Å²) in [5, 5.41) is 14.3. The molecule has 0 atom stereocenters. The van der Waals surface area contributed by atoms with E-state index in [2.05, 4.69) is 6.92 Å². The lowest BCUT2D eigenvalue weighted by atomic mass is 9.97. The Bertz CT molecular complexity index is 321. The van der Waals surface area contributed by atoms with Crippen LogP contribution in [-0.4, -0.2) is 12.4 Å². The monoisotopic (exact) mass is 174 g/mol. The van der Waals surface area contributed by atoms with Gasteiger partial charge >= 0.3 is 0 Å². The molecule has 0 amide bonds. The maximum atomic E-state index is 7.15. The van der Waals surface area contributed by atoms with Crippen molar-refractivity contribution < 1.29 is 0 Å². The van der Waals surface area contributed by atoms with E-state index in [9.17, 15) is 0 Å². The predicted octanol–water partition coefficient (Wildman–Crippen LogP) is 2.69. The third-order valence-electron chi connectivity index (χ3n) is 2.27. The number of aryl methyl sites for hydroxylation is 2. The van der Waals surface area contributed by atoms with Crippen LogP contribution in [-0.2, 0) is 0 Å². The highest BCUT2D eigenvalue weighted by Gasteiger charge is 2.05. The zero-order chi connectivity index (χ0) is 9.84. The van der Waals surface area contributed by atoms with Crippen LogP contribution < -0.4 is 0 Å². The van der Waals surface area contributed by atoms with Crippen LogP contribution in [0.2, 0.25) is 0 Å². The zero-order valence-corrected chi connectivity index (χ0v) is 7.96. The van der Waals surface area contributed by atoms with Gasteiger partial charge in [-0.1, -0.05) is 18.2 Å². The van der Waals surface area contributed by atoms with Crippen molar-refractivity contribution in [3.05, 3.63) is 34.9 Å². The highest BCUT2D eigenvalue weighted by atomic mass is 14.4. The lowest BCUT2D eigenvalue weighted by Crippen LogP contribution is -2.01. The van der Waals surface area contributed by atoms with Crippen molar-refractivity contribution >= 4 is 12.4 Å². The summed E-state index contributed by atoms with van der Waals surface area (Å²) in [4.78, 5) is 0. The third-order valence-corrected chi connectivity index (χ3v) is 2.27. The Morgan fingerprint density at radius 3 is 2.15 bits per heavy atom. The van der Waals surface area contributed by atoms with Crippen molar-refractivity contribution in [1.29, 1.82) is 10.8 Å². The second-order valence-corrected chi connectivity index (χ2v) is 3.20. The molecule has 0 unspecified atom stereocenters. The van der Waals surface area contributed by atoms with Crippen LogP contribution in [0, 0.1) is 24.7 Å². The molecule has 1 aromatic carbocycles. The number of hydrogen-bond donors (Lipinski definition) is 2. The second kappa shape index (κ2) is 3.99. The minimum atomic E-state index is -0.167. The van der Waals surface area contributed by atoms with Gasteiger partial charge in [-0.2, -0.15) is 0 Å². The van der Waals surface area contributed by atoms with Gasteiger partial charge in [0.15, 0.2) is 0 Å². The Balaban J connectivity index is 3.08. The Kier molecular flexibility index (Phi) is 2.96. The molecule has 2 nitrogen and oxygen atoms in total. The Morgan fingerprint density at radius 2 is 1.69 bits per heavy atom. The lowest BCUT2D eigenvalue weighted by Gasteiger charge is -2.08. The molecular formula is C11H14N2. The molecule has 0 heterocycles. The Hall–Kier alpha value is -1.44. The number of benzene rings is 1. The highest BCUT2D eigenvalue weighted by Crippen LogP contribution is 2.15. The van der Waals surface area contributed by atoms with Gasteiger partial charge in [0.05, 0.1) is 5.92 Å². The topological polar surface area (TPSA) is 47.7 Å². The smallest absolute Gasteiger partial charge is 0.0532 e. The van der Waals surface area contributed by atoms with Crippen molar-refractivity contribution in [2.24, 2.45) is 0 Å².